The Bertz CT molecular complexity index is 672. The van der Waals surface area contributed by atoms with Gasteiger partial charge in [0.2, 0.25) is 11.8 Å². The molecule has 0 aliphatic rings. The lowest BCUT2D eigenvalue weighted by Crippen LogP contribution is -2.43. The number of carbonyl (C=O) groups is 3. The molecule has 0 spiro atoms. The largest absolute Gasteiger partial charge is 0.468 e. The van der Waals surface area contributed by atoms with Gasteiger partial charge < -0.3 is 15.0 Å². The van der Waals surface area contributed by atoms with Crippen LogP contribution < -0.4 is 5.32 Å². The van der Waals surface area contributed by atoms with E-state index < -0.39 is 23.5 Å². The van der Waals surface area contributed by atoms with Gasteiger partial charge in [0.05, 0.1) is 13.7 Å². The molecule has 0 aliphatic carbocycles. The van der Waals surface area contributed by atoms with E-state index in [1.165, 1.54) is 13.2 Å². The van der Waals surface area contributed by atoms with E-state index in [9.17, 15) is 23.2 Å². The molecule has 8 heteroatoms. The number of rotatable bonds is 7. The van der Waals surface area contributed by atoms with Gasteiger partial charge in [-0.2, -0.15) is 0 Å². The molecule has 0 heterocycles. The van der Waals surface area contributed by atoms with Crippen LogP contribution in [0.15, 0.2) is 18.2 Å². The molecule has 6 nitrogen and oxygen atoms in total. The molecule has 2 amide bonds. The fourth-order valence-corrected chi connectivity index (χ4v) is 2.14. The summed E-state index contributed by atoms with van der Waals surface area (Å²) in [4.78, 5) is 36.8. The highest BCUT2D eigenvalue weighted by Gasteiger charge is 2.21. The van der Waals surface area contributed by atoms with E-state index in [4.69, 9.17) is 0 Å². The van der Waals surface area contributed by atoms with E-state index in [2.05, 4.69) is 10.1 Å². The zero-order valence-corrected chi connectivity index (χ0v) is 15.4. The molecule has 26 heavy (non-hydrogen) atoms. The molecule has 0 aromatic heterocycles. The minimum absolute atomic E-state index is 0.125. The van der Waals surface area contributed by atoms with Crippen LogP contribution in [0, 0.1) is 17.0 Å². The molecule has 144 valence electrons. The highest BCUT2D eigenvalue weighted by Crippen LogP contribution is 2.17. The number of hydrogen-bond acceptors (Lipinski definition) is 4. The van der Waals surface area contributed by atoms with Crippen molar-refractivity contribution in [2.24, 2.45) is 5.41 Å². The van der Waals surface area contributed by atoms with Crippen LogP contribution in [0.4, 0.5) is 8.78 Å². The first-order valence-electron chi connectivity index (χ1n) is 8.07. The number of hydrogen-bond donors (Lipinski definition) is 1. The van der Waals surface area contributed by atoms with Gasteiger partial charge >= 0.3 is 5.97 Å². The van der Waals surface area contributed by atoms with Crippen LogP contribution in [0.1, 0.15) is 32.8 Å². The van der Waals surface area contributed by atoms with Gasteiger partial charge in [-0.1, -0.05) is 26.8 Å². The number of amides is 2. The Morgan fingerprint density at radius 1 is 1.15 bits per heavy atom. The average molecular weight is 370 g/mol. The number of nitrogens with zero attached hydrogens (tertiary/aromatic N) is 1. The maximum absolute atomic E-state index is 13.3. The second-order valence-corrected chi connectivity index (χ2v) is 7.09. The lowest BCUT2D eigenvalue weighted by Gasteiger charge is -2.23. The lowest BCUT2D eigenvalue weighted by atomic mass is 9.92. The van der Waals surface area contributed by atoms with Gasteiger partial charge in [-0.25, -0.2) is 8.78 Å². The SMILES string of the molecule is COC(=O)CN(Cc1ccc(F)c(F)c1)C(=O)CNC(=O)CC(C)(C)C. The third-order valence-corrected chi connectivity index (χ3v) is 3.39. The summed E-state index contributed by atoms with van der Waals surface area (Å²) in [5.41, 5.74) is 0.0759. The van der Waals surface area contributed by atoms with Crippen LogP contribution >= 0.6 is 0 Å². The topological polar surface area (TPSA) is 75.7 Å². The van der Waals surface area contributed by atoms with Crippen LogP contribution in [0.2, 0.25) is 0 Å². The molecule has 0 saturated carbocycles. The monoisotopic (exact) mass is 370 g/mol. The summed E-state index contributed by atoms with van der Waals surface area (Å²) in [6.07, 6.45) is 0.237. The average Bonchev–Trinajstić information content (AvgIpc) is 2.53. The molecule has 0 radical (unpaired) electrons. The molecule has 1 rings (SSSR count). The standard InChI is InChI=1S/C18H24F2N2O4/c1-18(2,3)8-15(23)21-9-16(24)22(11-17(25)26-4)10-12-5-6-13(19)14(20)7-12/h5-7H,8-11H2,1-4H3,(H,21,23). The number of halogens is 2. The summed E-state index contributed by atoms with van der Waals surface area (Å²) in [6, 6.07) is 3.20. The molecule has 0 bridgehead atoms. The van der Waals surface area contributed by atoms with Gasteiger partial charge in [-0.3, -0.25) is 14.4 Å². The van der Waals surface area contributed by atoms with Gasteiger partial charge in [0, 0.05) is 13.0 Å². The van der Waals surface area contributed by atoms with Crippen molar-refractivity contribution >= 4 is 17.8 Å². The first-order valence-corrected chi connectivity index (χ1v) is 8.07. The molecule has 1 aromatic carbocycles. The van der Waals surface area contributed by atoms with Gasteiger partial charge in [0.1, 0.15) is 6.54 Å². The Hall–Kier alpha value is -2.51. The number of ether oxygens (including phenoxy) is 1. The van der Waals surface area contributed by atoms with Crippen molar-refractivity contribution in [3.05, 3.63) is 35.4 Å². The third-order valence-electron chi connectivity index (χ3n) is 3.39. The molecule has 0 fully saturated rings. The van der Waals surface area contributed by atoms with Crippen molar-refractivity contribution in [2.45, 2.75) is 33.7 Å². The van der Waals surface area contributed by atoms with Crippen LogP contribution in [0.3, 0.4) is 0 Å². The molecule has 0 aliphatic heterocycles. The summed E-state index contributed by atoms with van der Waals surface area (Å²) in [7, 11) is 1.17. The molecule has 1 aromatic rings. The number of carbonyl (C=O) groups excluding carboxylic acids is 3. The van der Waals surface area contributed by atoms with Crippen LogP contribution in [-0.2, 0) is 25.7 Å². The zero-order valence-electron chi connectivity index (χ0n) is 15.4. The Balaban J connectivity index is 2.78. The highest BCUT2D eigenvalue weighted by atomic mass is 19.2. The summed E-state index contributed by atoms with van der Waals surface area (Å²) in [5, 5.41) is 2.50. The molecule has 1 N–H and O–H groups in total. The van der Waals surface area contributed by atoms with Crippen molar-refractivity contribution < 1.29 is 27.9 Å². The smallest absolute Gasteiger partial charge is 0.325 e. The molecular formula is C18H24F2N2O4. The fraction of sp³-hybridized carbons (Fsp3) is 0.500. The quantitative estimate of drug-likeness (QED) is 0.745. The number of nitrogens with one attached hydrogen (secondary N) is 1. The van der Waals surface area contributed by atoms with E-state index in [-0.39, 0.29) is 37.4 Å². The summed E-state index contributed by atoms with van der Waals surface area (Å²) >= 11 is 0. The maximum atomic E-state index is 13.3. The van der Waals surface area contributed by atoms with Crippen molar-refractivity contribution in [1.82, 2.24) is 10.2 Å². The highest BCUT2D eigenvalue weighted by molar-refractivity contribution is 5.87. The molecule has 0 atom stereocenters. The van der Waals surface area contributed by atoms with Crippen molar-refractivity contribution in [2.75, 3.05) is 20.2 Å². The molecular weight excluding hydrogens is 346 g/mol. The second-order valence-electron chi connectivity index (χ2n) is 7.09. The Labute approximate surface area is 151 Å². The molecule has 0 unspecified atom stereocenters. The lowest BCUT2D eigenvalue weighted by molar-refractivity contribution is -0.147. The van der Waals surface area contributed by atoms with E-state index in [1.807, 2.05) is 20.8 Å². The summed E-state index contributed by atoms with van der Waals surface area (Å²) < 4.78 is 30.9. The Kier molecular flexibility index (Phi) is 7.67. The van der Waals surface area contributed by atoms with E-state index >= 15 is 0 Å². The minimum atomic E-state index is -1.05. The van der Waals surface area contributed by atoms with Gasteiger partial charge in [-0.05, 0) is 23.1 Å². The first-order chi connectivity index (χ1) is 12.0. The van der Waals surface area contributed by atoms with Crippen molar-refractivity contribution in [1.29, 1.82) is 0 Å². The van der Waals surface area contributed by atoms with Crippen LogP contribution in [0.25, 0.3) is 0 Å². The van der Waals surface area contributed by atoms with Crippen molar-refractivity contribution in [3.8, 4) is 0 Å². The number of esters is 1. The van der Waals surface area contributed by atoms with E-state index in [0.717, 1.165) is 17.0 Å². The predicted octanol–water partition coefficient (Wildman–Crippen LogP) is 2.02. The fourth-order valence-electron chi connectivity index (χ4n) is 2.14. The number of benzene rings is 1. The normalized spacial score (nSPS) is 11.0. The van der Waals surface area contributed by atoms with Crippen LogP contribution in [-0.4, -0.2) is 42.9 Å². The van der Waals surface area contributed by atoms with E-state index in [1.54, 1.807) is 0 Å². The first kappa shape index (κ1) is 21.5. The van der Waals surface area contributed by atoms with Crippen molar-refractivity contribution in [3.63, 3.8) is 0 Å². The summed E-state index contributed by atoms with van der Waals surface area (Å²) in [6.45, 7) is 4.86. The second kappa shape index (κ2) is 9.26. The van der Waals surface area contributed by atoms with Crippen LogP contribution in [0.5, 0.6) is 0 Å². The Morgan fingerprint density at radius 3 is 2.35 bits per heavy atom. The maximum Gasteiger partial charge on any atom is 0.325 e. The third kappa shape index (κ3) is 7.58. The number of methoxy groups -OCH3 is 1. The molecule has 0 saturated heterocycles. The van der Waals surface area contributed by atoms with Gasteiger partial charge in [0.15, 0.2) is 11.6 Å². The Morgan fingerprint density at radius 2 is 1.81 bits per heavy atom. The van der Waals surface area contributed by atoms with E-state index in [0.29, 0.717) is 5.56 Å². The van der Waals surface area contributed by atoms with Gasteiger partial charge in [0.25, 0.3) is 0 Å². The zero-order chi connectivity index (χ0) is 19.9. The summed E-state index contributed by atoms with van der Waals surface area (Å²) in [5.74, 6) is -3.55. The van der Waals surface area contributed by atoms with Gasteiger partial charge in [-0.15, -0.1) is 0 Å². The minimum Gasteiger partial charge on any atom is -0.468 e. The predicted molar refractivity (Wildman–Crippen MR) is 90.9 cm³/mol.